The van der Waals surface area contributed by atoms with E-state index in [2.05, 4.69) is 119 Å². The Hall–Kier alpha value is -0.467. The number of halogens is 1. The Labute approximate surface area is 205 Å². The Morgan fingerprint density at radius 1 is 0.719 bits per heavy atom. The van der Waals surface area contributed by atoms with E-state index in [0.717, 1.165) is 0 Å². The van der Waals surface area contributed by atoms with Crippen molar-refractivity contribution in [3.05, 3.63) is 90.5 Å². The zero-order valence-electron chi connectivity index (χ0n) is 19.1. The van der Waals surface area contributed by atoms with E-state index in [4.69, 9.17) is 14.7 Å². The molecule has 0 aromatic heterocycles. The Morgan fingerprint density at radius 3 is 1.59 bits per heavy atom. The van der Waals surface area contributed by atoms with Gasteiger partial charge < -0.3 is 0 Å². The third-order valence-corrected chi connectivity index (χ3v) is 30.8. The van der Waals surface area contributed by atoms with Crippen molar-refractivity contribution in [3.63, 3.8) is 0 Å². The van der Waals surface area contributed by atoms with E-state index in [9.17, 15) is 0 Å². The Morgan fingerprint density at radius 2 is 1.16 bits per heavy atom. The summed E-state index contributed by atoms with van der Waals surface area (Å²) in [6.07, 6.45) is 0. The van der Waals surface area contributed by atoms with Crippen molar-refractivity contribution < 1.29 is 12.3 Å². The van der Waals surface area contributed by atoms with Gasteiger partial charge in [-0.2, -0.15) is 0 Å². The average Bonchev–Trinajstić information content (AvgIpc) is 2.75. The molecule has 0 spiro atoms. The summed E-state index contributed by atoms with van der Waals surface area (Å²) >= 11 is -2.51. The van der Waals surface area contributed by atoms with Gasteiger partial charge in [0.15, 0.2) is 0 Å². The van der Waals surface area contributed by atoms with E-state index in [0.29, 0.717) is 32.6 Å². The molecule has 1 nitrogen and oxygen atoms in total. The summed E-state index contributed by atoms with van der Waals surface area (Å²) in [6.45, 7) is 15.1. The molecule has 0 amide bonds. The molecule has 3 atom stereocenters. The summed E-state index contributed by atoms with van der Waals surface area (Å²) in [5.41, 5.74) is 0.996. The fraction of sp³-hybridized carbons (Fsp3) is 0.269. The minimum absolute atomic E-state index is 0.274. The number of nitrogens with zero attached hydrogens (tertiary/aromatic N) is 1. The molecule has 0 radical (unpaired) electrons. The molecule has 0 heterocycles. The molecule has 0 fully saturated rings. The molecule has 0 aliphatic rings. The molecule has 0 bridgehead atoms. The second-order valence-electron chi connectivity index (χ2n) is 8.34. The van der Waals surface area contributed by atoms with Gasteiger partial charge in [0.25, 0.3) is 0 Å². The Bertz CT molecular complexity index is 962. The van der Waals surface area contributed by atoms with E-state index >= 15 is 0 Å². The standard InChI is InChI=1S/C14H21NP.2C6H6P.ClH.Ru/c1-10(2)14(15-5,11(3)4)12-7-6-8-13(16)9-12;2*7-6-4-2-1-3-5-6;;/h6-11,16H,5H2,1-4H3;2*1-5,7H;1H;/q3*-1;;+4/p-1. The van der Waals surface area contributed by atoms with Crippen LogP contribution in [0.3, 0.4) is 0 Å². The number of hydrogen-bond donors (Lipinski definition) is 0. The monoisotopic (exact) mass is 589 g/mol. The predicted octanol–water partition coefficient (Wildman–Crippen LogP) is 7.26. The van der Waals surface area contributed by atoms with Crippen LogP contribution in [0.4, 0.5) is 0 Å². The molecule has 0 saturated carbocycles. The number of rotatable bonds is 10. The normalized spacial score (nSPS) is 16.0. The summed E-state index contributed by atoms with van der Waals surface area (Å²) in [5, 5.41) is 4.13. The van der Waals surface area contributed by atoms with Crippen LogP contribution in [0.5, 0.6) is 0 Å². The van der Waals surface area contributed by atoms with Crippen LogP contribution in [0.1, 0.15) is 33.3 Å². The van der Waals surface area contributed by atoms with Crippen LogP contribution in [-0.4, -0.2) is 6.72 Å². The van der Waals surface area contributed by atoms with Crippen LogP contribution in [0.15, 0.2) is 89.9 Å². The van der Waals surface area contributed by atoms with Crippen molar-refractivity contribution in [2.75, 3.05) is 0 Å². The maximum absolute atomic E-state index is 7.64. The first-order chi connectivity index (χ1) is 15.3. The van der Waals surface area contributed by atoms with Crippen molar-refractivity contribution in [1.29, 1.82) is 0 Å². The first-order valence-electron chi connectivity index (χ1n) is 10.7. The van der Waals surface area contributed by atoms with Gasteiger partial charge in [0.05, 0.1) is 0 Å². The van der Waals surface area contributed by atoms with Gasteiger partial charge in [-0.3, -0.25) is 0 Å². The average molecular weight is 589 g/mol. The van der Waals surface area contributed by atoms with Crippen molar-refractivity contribution in [3.8, 4) is 0 Å². The summed E-state index contributed by atoms with van der Waals surface area (Å²) in [5.74, 6) is 0.744. The van der Waals surface area contributed by atoms with Gasteiger partial charge in [0.1, 0.15) is 0 Å². The molecule has 32 heavy (non-hydrogen) atoms. The van der Waals surface area contributed by atoms with Crippen molar-refractivity contribution in [2.24, 2.45) is 16.8 Å². The second kappa shape index (κ2) is 11.8. The Balaban J connectivity index is 1.97. The van der Waals surface area contributed by atoms with Gasteiger partial charge in [-0.05, 0) is 0 Å². The zero-order chi connectivity index (χ0) is 23.2. The third-order valence-electron chi connectivity index (χ3n) is 5.57. The number of benzene rings is 3. The van der Waals surface area contributed by atoms with Crippen LogP contribution in [0.2, 0.25) is 0 Å². The van der Waals surface area contributed by atoms with E-state index in [-0.39, 0.29) is 5.54 Å². The van der Waals surface area contributed by atoms with Gasteiger partial charge in [-0.15, -0.1) is 0 Å². The Kier molecular flexibility index (Phi) is 9.63. The summed E-state index contributed by atoms with van der Waals surface area (Å²) in [4.78, 5) is 4.70. The molecule has 3 aromatic rings. The molecule has 3 unspecified atom stereocenters. The minimum atomic E-state index is -2.51. The first-order valence-corrected chi connectivity index (χ1v) is 23.4. The predicted molar refractivity (Wildman–Crippen MR) is 150 cm³/mol. The quantitative estimate of drug-likeness (QED) is 0.134. The summed E-state index contributed by atoms with van der Waals surface area (Å²) in [7, 11) is 7.64. The van der Waals surface area contributed by atoms with Crippen LogP contribution in [0.25, 0.3) is 0 Å². The van der Waals surface area contributed by atoms with Gasteiger partial charge in [-0.1, -0.05) is 0 Å². The third kappa shape index (κ3) is 6.35. The van der Waals surface area contributed by atoms with E-state index in [1.807, 2.05) is 0 Å². The van der Waals surface area contributed by atoms with Crippen LogP contribution in [-0.2, 0) is 17.9 Å². The topological polar surface area (TPSA) is 12.4 Å². The van der Waals surface area contributed by atoms with E-state index < -0.39 is 12.3 Å². The summed E-state index contributed by atoms with van der Waals surface area (Å²) < 4.78 is 0. The van der Waals surface area contributed by atoms with Gasteiger partial charge in [-0.25, -0.2) is 0 Å². The molecule has 0 aliphatic heterocycles. The molecular weight excluding hydrogens is 556 g/mol. The molecule has 0 N–H and O–H groups in total. The molecule has 3 rings (SSSR count). The van der Waals surface area contributed by atoms with Crippen molar-refractivity contribution >= 4 is 53.1 Å². The number of hydrogen-bond acceptors (Lipinski definition) is 1. The van der Waals surface area contributed by atoms with Crippen LogP contribution in [0, 0.1) is 11.8 Å². The second-order valence-corrected chi connectivity index (χ2v) is 38.8. The molecule has 6 heteroatoms. The fourth-order valence-corrected chi connectivity index (χ4v) is 33.1. The first kappa shape index (κ1) is 26.1. The maximum atomic E-state index is 7.64. The molecule has 3 aromatic carbocycles. The van der Waals surface area contributed by atoms with Crippen molar-refractivity contribution in [1.82, 2.24) is 0 Å². The van der Waals surface area contributed by atoms with E-state index in [1.165, 1.54) is 21.5 Å². The van der Waals surface area contributed by atoms with Crippen LogP contribution >= 0.6 is 30.4 Å². The van der Waals surface area contributed by atoms with E-state index in [1.54, 1.807) is 0 Å². The zero-order valence-corrected chi connectivity index (χ0v) is 24.6. The molecule has 172 valence electrons. The fourth-order valence-electron chi connectivity index (χ4n) is 4.10. The SMILES string of the molecule is C=NC(c1cccc([PH][Ru]([Cl])([PH]c2ccccc2)[PH]c2ccccc2)c1)(C(C)C)C(C)C. The van der Waals surface area contributed by atoms with Gasteiger partial charge in [0, 0.05) is 0 Å². The molecule has 0 aliphatic carbocycles. The number of aliphatic imine (C=N–C) groups is 1. The van der Waals surface area contributed by atoms with Crippen molar-refractivity contribution in [2.45, 2.75) is 33.2 Å². The van der Waals surface area contributed by atoms with Gasteiger partial charge in [0.2, 0.25) is 0 Å². The molecule has 0 saturated heterocycles. The van der Waals surface area contributed by atoms with Crippen LogP contribution < -0.4 is 15.9 Å². The molecular formula is C26H33ClNP3Ru. The van der Waals surface area contributed by atoms with Gasteiger partial charge >= 0.3 is 206 Å². The summed E-state index contributed by atoms with van der Waals surface area (Å²) in [6, 6.07) is 30.7.